The number of ether oxygens (including phenoxy) is 2. The van der Waals surface area contributed by atoms with Crippen molar-refractivity contribution in [2.24, 2.45) is 0 Å². The summed E-state index contributed by atoms with van der Waals surface area (Å²) in [6, 6.07) is 6.34. The van der Waals surface area contributed by atoms with E-state index in [1.54, 1.807) is 0 Å². The highest BCUT2D eigenvalue weighted by Crippen LogP contribution is 2.37. The van der Waals surface area contributed by atoms with Crippen LogP contribution in [0, 0.1) is 17.5 Å². The normalized spacial score (nSPS) is 11.4. The Morgan fingerprint density at radius 2 is 1.55 bits per heavy atom. The Kier molecular flexibility index (Phi) is 5.41. The number of fused-ring (bicyclic) bond motifs is 1. The monoisotopic (exact) mass is 416 g/mol. The van der Waals surface area contributed by atoms with E-state index in [1.165, 1.54) is 6.07 Å². The van der Waals surface area contributed by atoms with Gasteiger partial charge in [0, 0.05) is 29.2 Å². The number of halogens is 7. The highest BCUT2D eigenvalue weighted by atomic mass is 19.3. The summed E-state index contributed by atoms with van der Waals surface area (Å²) in [4.78, 5) is 0. The standard InChI is InChI=1S/C20H11F7O2/c1-28-13-8-15(21)18(16(22)9-13)20(26,27)29-12-4-5-14-10(6-12)2-3-11(19(14)25)7-17(23)24/h2-9H,1H3. The van der Waals surface area contributed by atoms with Crippen LogP contribution in [0.3, 0.4) is 0 Å². The lowest BCUT2D eigenvalue weighted by Gasteiger charge is -2.20. The van der Waals surface area contributed by atoms with Crippen molar-refractivity contribution in [3.63, 3.8) is 0 Å². The first-order valence-corrected chi connectivity index (χ1v) is 7.97. The van der Waals surface area contributed by atoms with Gasteiger partial charge in [-0.25, -0.2) is 13.2 Å². The van der Waals surface area contributed by atoms with Gasteiger partial charge in [-0.1, -0.05) is 12.1 Å². The van der Waals surface area contributed by atoms with E-state index in [9.17, 15) is 30.7 Å². The van der Waals surface area contributed by atoms with Crippen molar-refractivity contribution in [2.75, 3.05) is 7.11 Å². The molecule has 152 valence electrons. The molecular formula is C20H11F7O2. The maximum Gasteiger partial charge on any atom is 0.432 e. The van der Waals surface area contributed by atoms with Crippen molar-refractivity contribution >= 4 is 16.8 Å². The Balaban J connectivity index is 1.98. The molecule has 0 saturated heterocycles. The van der Waals surface area contributed by atoms with Gasteiger partial charge in [-0.05, 0) is 23.6 Å². The molecule has 0 aromatic heterocycles. The first-order chi connectivity index (χ1) is 13.6. The molecule has 0 aliphatic carbocycles. The van der Waals surface area contributed by atoms with Crippen LogP contribution in [-0.2, 0) is 6.11 Å². The van der Waals surface area contributed by atoms with Gasteiger partial charge in [0.2, 0.25) is 0 Å². The predicted molar refractivity (Wildman–Crippen MR) is 91.5 cm³/mol. The molecule has 0 aliphatic heterocycles. The van der Waals surface area contributed by atoms with Crippen LogP contribution >= 0.6 is 0 Å². The molecule has 3 rings (SSSR count). The number of rotatable bonds is 5. The van der Waals surface area contributed by atoms with Crippen LogP contribution in [-0.4, -0.2) is 7.11 Å². The number of methoxy groups -OCH3 is 1. The summed E-state index contributed by atoms with van der Waals surface area (Å²) in [7, 11) is 1.11. The molecule has 0 radical (unpaired) electrons. The van der Waals surface area contributed by atoms with Crippen LogP contribution in [0.1, 0.15) is 11.1 Å². The van der Waals surface area contributed by atoms with Gasteiger partial charge in [-0.3, -0.25) is 0 Å². The van der Waals surface area contributed by atoms with Gasteiger partial charge in [-0.2, -0.15) is 17.6 Å². The molecule has 3 aromatic rings. The molecule has 0 saturated carbocycles. The average molecular weight is 416 g/mol. The van der Waals surface area contributed by atoms with Gasteiger partial charge in [0.05, 0.1) is 7.11 Å². The molecule has 0 unspecified atom stereocenters. The third-order valence-electron chi connectivity index (χ3n) is 4.01. The zero-order valence-corrected chi connectivity index (χ0v) is 14.6. The topological polar surface area (TPSA) is 18.5 Å². The van der Waals surface area contributed by atoms with Gasteiger partial charge in [-0.15, -0.1) is 0 Å². The zero-order valence-electron chi connectivity index (χ0n) is 14.6. The summed E-state index contributed by atoms with van der Waals surface area (Å²) in [6.45, 7) is 0. The summed E-state index contributed by atoms with van der Waals surface area (Å²) in [5.74, 6) is -4.96. The van der Waals surface area contributed by atoms with Crippen LogP contribution in [0.5, 0.6) is 11.5 Å². The van der Waals surface area contributed by atoms with Gasteiger partial charge < -0.3 is 9.47 Å². The van der Waals surface area contributed by atoms with Crippen molar-refractivity contribution < 1.29 is 40.2 Å². The van der Waals surface area contributed by atoms with Crippen molar-refractivity contribution in [3.8, 4) is 11.5 Å². The molecule has 29 heavy (non-hydrogen) atoms. The van der Waals surface area contributed by atoms with Crippen LogP contribution in [0.2, 0.25) is 0 Å². The Hall–Kier alpha value is -3.23. The lowest BCUT2D eigenvalue weighted by Crippen LogP contribution is -2.25. The molecule has 0 N–H and O–H groups in total. The van der Waals surface area contributed by atoms with E-state index < -0.39 is 41.0 Å². The second-order valence-corrected chi connectivity index (χ2v) is 5.87. The number of hydrogen-bond donors (Lipinski definition) is 0. The second-order valence-electron chi connectivity index (χ2n) is 5.87. The van der Waals surface area contributed by atoms with Crippen molar-refractivity contribution in [2.45, 2.75) is 6.11 Å². The molecule has 0 aliphatic rings. The largest absolute Gasteiger partial charge is 0.497 e. The summed E-state index contributed by atoms with van der Waals surface area (Å²) < 4.78 is 105. The number of benzene rings is 3. The maximum absolute atomic E-state index is 14.4. The van der Waals surface area contributed by atoms with E-state index in [2.05, 4.69) is 9.47 Å². The third kappa shape index (κ3) is 4.13. The summed E-state index contributed by atoms with van der Waals surface area (Å²) in [6.07, 6.45) is -6.18. The van der Waals surface area contributed by atoms with Crippen LogP contribution in [0.25, 0.3) is 16.8 Å². The Morgan fingerprint density at radius 3 is 2.14 bits per heavy atom. The van der Waals surface area contributed by atoms with E-state index in [4.69, 9.17) is 0 Å². The van der Waals surface area contributed by atoms with Gasteiger partial charge in [0.1, 0.15) is 34.5 Å². The first-order valence-electron chi connectivity index (χ1n) is 7.97. The molecule has 9 heteroatoms. The Morgan fingerprint density at radius 1 is 0.897 bits per heavy atom. The second kappa shape index (κ2) is 7.65. The van der Waals surface area contributed by atoms with Crippen LogP contribution < -0.4 is 9.47 Å². The van der Waals surface area contributed by atoms with Crippen molar-refractivity contribution in [1.82, 2.24) is 0 Å². The highest BCUT2D eigenvalue weighted by molar-refractivity contribution is 5.86. The van der Waals surface area contributed by atoms with E-state index in [1.807, 2.05) is 0 Å². The summed E-state index contributed by atoms with van der Waals surface area (Å²) in [5.41, 5.74) is -2.01. The first kappa shape index (κ1) is 20.5. The van der Waals surface area contributed by atoms with E-state index in [-0.39, 0.29) is 22.1 Å². The Labute approximate surface area is 159 Å². The van der Waals surface area contributed by atoms with Crippen LogP contribution in [0.4, 0.5) is 30.7 Å². The number of alkyl halides is 2. The summed E-state index contributed by atoms with van der Waals surface area (Å²) in [5, 5.41) is -0.0691. The smallest absolute Gasteiger partial charge is 0.432 e. The quantitative estimate of drug-likeness (QED) is 0.435. The third-order valence-corrected chi connectivity index (χ3v) is 4.01. The minimum absolute atomic E-state index is 0.0582. The molecule has 0 amide bonds. The fraction of sp³-hybridized carbons (Fsp3) is 0.100. The Bertz CT molecular complexity index is 1080. The van der Waals surface area contributed by atoms with Crippen LogP contribution in [0.15, 0.2) is 48.5 Å². The molecular weight excluding hydrogens is 405 g/mol. The SMILES string of the molecule is COc1cc(F)c(C(F)(F)Oc2ccc3c(F)c(C=C(F)F)ccc3c2)c(F)c1. The lowest BCUT2D eigenvalue weighted by atomic mass is 10.1. The minimum atomic E-state index is -4.40. The molecule has 2 nitrogen and oxygen atoms in total. The molecule has 0 heterocycles. The van der Waals surface area contributed by atoms with Gasteiger partial charge >= 0.3 is 6.11 Å². The zero-order chi connectivity index (χ0) is 21.3. The molecule has 0 spiro atoms. The summed E-state index contributed by atoms with van der Waals surface area (Å²) >= 11 is 0. The van der Waals surface area contributed by atoms with Crippen molar-refractivity contribution in [1.29, 1.82) is 0 Å². The van der Waals surface area contributed by atoms with E-state index in [0.29, 0.717) is 18.2 Å². The minimum Gasteiger partial charge on any atom is -0.497 e. The maximum atomic E-state index is 14.4. The van der Waals surface area contributed by atoms with Gasteiger partial charge in [0.15, 0.2) is 0 Å². The van der Waals surface area contributed by atoms with Crippen molar-refractivity contribution in [3.05, 3.63) is 77.1 Å². The molecule has 0 atom stereocenters. The van der Waals surface area contributed by atoms with Gasteiger partial charge in [0.25, 0.3) is 6.08 Å². The number of hydrogen-bond acceptors (Lipinski definition) is 2. The predicted octanol–water partition coefficient (Wildman–Crippen LogP) is 6.63. The highest BCUT2D eigenvalue weighted by Gasteiger charge is 2.41. The lowest BCUT2D eigenvalue weighted by molar-refractivity contribution is -0.189. The molecule has 0 bridgehead atoms. The fourth-order valence-electron chi connectivity index (χ4n) is 2.72. The molecule has 3 aromatic carbocycles. The molecule has 0 fully saturated rings. The average Bonchev–Trinajstić information content (AvgIpc) is 2.62. The van der Waals surface area contributed by atoms with E-state index >= 15 is 0 Å². The fourth-order valence-corrected chi connectivity index (χ4v) is 2.72. The van der Waals surface area contributed by atoms with E-state index in [0.717, 1.165) is 31.4 Å².